The van der Waals surface area contributed by atoms with Crippen molar-refractivity contribution >= 4 is 43.2 Å². The monoisotopic (exact) mass is 414 g/mol. The van der Waals surface area contributed by atoms with Crippen molar-refractivity contribution in [1.82, 2.24) is 15.3 Å². The lowest BCUT2D eigenvalue weighted by atomic mass is 10.1. The van der Waals surface area contributed by atoms with Crippen LogP contribution in [0.4, 0.5) is 5.13 Å². The van der Waals surface area contributed by atoms with Gasteiger partial charge in [-0.3, -0.25) is 14.5 Å². The van der Waals surface area contributed by atoms with Crippen molar-refractivity contribution in [3.63, 3.8) is 0 Å². The first-order chi connectivity index (χ1) is 13.5. The number of hydrogen-bond donors (Lipinski definition) is 2. The molecule has 2 aliphatic rings. The van der Waals surface area contributed by atoms with Crippen molar-refractivity contribution in [2.75, 3.05) is 4.72 Å². The molecule has 1 amide bonds. The zero-order chi connectivity index (χ0) is 19.4. The number of hydrogen-bond acceptors (Lipinski definition) is 6. The number of pyridine rings is 1. The highest BCUT2D eigenvalue weighted by Crippen LogP contribution is 2.46. The van der Waals surface area contributed by atoms with Crippen LogP contribution in [0.2, 0.25) is 0 Å². The second kappa shape index (κ2) is 6.25. The van der Waals surface area contributed by atoms with Crippen LogP contribution in [0.3, 0.4) is 0 Å². The molecule has 5 rings (SSSR count). The molecule has 1 aromatic carbocycles. The number of benzene rings is 1. The van der Waals surface area contributed by atoms with Crippen LogP contribution in [0.1, 0.15) is 41.9 Å². The van der Waals surface area contributed by atoms with Crippen LogP contribution in [0.5, 0.6) is 0 Å². The van der Waals surface area contributed by atoms with Gasteiger partial charge in [0.25, 0.3) is 5.91 Å². The van der Waals surface area contributed by atoms with Crippen LogP contribution < -0.4 is 10.0 Å². The zero-order valence-electron chi connectivity index (χ0n) is 14.9. The summed E-state index contributed by atoms with van der Waals surface area (Å²) in [6.07, 6.45) is 4.63. The standard InChI is InChI=1S/C19H18N4O3S2/c24-17(15-9-12-3-1-2-4-13(12)10-20-15)22-19(7-8-19)16-11-27-18(21-16)23-28(25,26)14-5-6-14/h1-4,9-11,14H,5-8H2,(H,21,23)(H,22,24). The Labute approximate surface area is 166 Å². The highest BCUT2D eigenvalue weighted by Gasteiger charge is 2.48. The molecule has 7 nitrogen and oxygen atoms in total. The first-order valence-corrected chi connectivity index (χ1v) is 11.5. The van der Waals surface area contributed by atoms with Gasteiger partial charge in [0.1, 0.15) is 5.69 Å². The van der Waals surface area contributed by atoms with Crippen LogP contribution >= 0.6 is 11.3 Å². The van der Waals surface area contributed by atoms with Gasteiger partial charge in [-0.25, -0.2) is 13.4 Å². The van der Waals surface area contributed by atoms with Crippen molar-refractivity contribution in [3.8, 4) is 0 Å². The van der Waals surface area contributed by atoms with E-state index in [-0.39, 0.29) is 11.2 Å². The third-order valence-corrected chi connectivity index (χ3v) is 7.87. The SMILES string of the molecule is O=C(NC1(c2csc(NS(=O)(=O)C3CC3)n2)CC1)c1cc2ccccc2cn1. The van der Waals surface area contributed by atoms with E-state index >= 15 is 0 Å². The second-order valence-electron chi connectivity index (χ2n) is 7.34. The molecule has 2 aromatic heterocycles. The fourth-order valence-corrected chi connectivity index (χ4v) is 5.59. The maximum absolute atomic E-state index is 12.7. The molecule has 2 N–H and O–H groups in total. The molecule has 0 unspecified atom stereocenters. The molecule has 0 spiro atoms. The number of sulfonamides is 1. The van der Waals surface area contributed by atoms with Gasteiger partial charge in [-0.1, -0.05) is 24.3 Å². The van der Waals surface area contributed by atoms with Gasteiger partial charge in [0, 0.05) is 17.0 Å². The number of carbonyl (C=O) groups is 1. The van der Waals surface area contributed by atoms with Gasteiger partial charge < -0.3 is 5.32 Å². The highest BCUT2D eigenvalue weighted by molar-refractivity contribution is 7.93. The van der Waals surface area contributed by atoms with Gasteiger partial charge in [-0.2, -0.15) is 0 Å². The van der Waals surface area contributed by atoms with Crippen molar-refractivity contribution in [1.29, 1.82) is 0 Å². The Morgan fingerprint density at radius 1 is 1.18 bits per heavy atom. The molecule has 28 heavy (non-hydrogen) atoms. The molecule has 0 radical (unpaired) electrons. The summed E-state index contributed by atoms with van der Waals surface area (Å²) in [5.74, 6) is -0.253. The molecular weight excluding hydrogens is 396 g/mol. The number of carbonyl (C=O) groups excluding carboxylic acids is 1. The van der Waals surface area contributed by atoms with Crippen LogP contribution in [0.25, 0.3) is 10.8 Å². The van der Waals surface area contributed by atoms with Gasteiger partial charge in [-0.15, -0.1) is 11.3 Å². The normalized spacial score (nSPS) is 18.0. The van der Waals surface area contributed by atoms with E-state index < -0.39 is 15.6 Å². The number of anilines is 1. The lowest BCUT2D eigenvalue weighted by Gasteiger charge is -2.15. The topological polar surface area (TPSA) is 101 Å². The summed E-state index contributed by atoms with van der Waals surface area (Å²) < 4.78 is 26.7. The number of rotatable bonds is 6. The molecule has 2 saturated carbocycles. The number of aromatic nitrogens is 2. The molecule has 2 fully saturated rings. The van der Waals surface area contributed by atoms with E-state index in [4.69, 9.17) is 0 Å². The minimum absolute atomic E-state index is 0.253. The van der Waals surface area contributed by atoms with Crippen molar-refractivity contribution in [2.45, 2.75) is 36.5 Å². The predicted octanol–water partition coefficient (Wildman–Crippen LogP) is 3.01. The van der Waals surface area contributed by atoms with Gasteiger partial charge in [0.2, 0.25) is 10.0 Å². The molecule has 0 bridgehead atoms. The van der Waals surface area contributed by atoms with E-state index in [0.29, 0.717) is 29.4 Å². The molecule has 0 aliphatic heterocycles. The van der Waals surface area contributed by atoms with E-state index in [1.807, 2.05) is 29.6 Å². The smallest absolute Gasteiger partial charge is 0.270 e. The van der Waals surface area contributed by atoms with Crippen LogP contribution in [-0.4, -0.2) is 29.5 Å². The third kappa shape index (κ3) is 3.24. The van der Waals surface area contributed by atoms with Crippen molar-refractivity contribution in [2.24, 2.45) is 0 Å². The van der Waals surface area contributed by atoms with Gasteiger partial charge in [0.05, 0.1) is 16.5 Å². The number of nitrogens with zero attached hydrogens (tertiary/aromatic N) is 2. The van der Waals surface area contributed by atoms with Crippen LogP contribution in [0, 0.1) is 0 Å². The van der Waals surface area contributed by atoms with Gasteiger partial charge in [0.15, 0.2) is 5.13 Å². The lowest BCUT2D eigenvalue weighted by Crippen LogP contribution is -2.35. The molecular formula is C19H18N4O3S2. The Bertz CT molecular complexity index is 1180. The van der Waals surface area contributed by atoms with E-state index in [2.05, 4.69) is 20.0 Å². The average molecular weight is 415 g/mol. The minimum atomic E-state index is -3.34. The molecule has 2 heterocycles. The Hall–Kier alpha value is -2.52. The summed E-state index contributed by atoms with van der Waals surface area (Å²) in [5.41, 5.74) is 0.513. The molecule has 0 saturated heterocycles. The summed E-state index contributed by atoms with van der Waals surface area (Å²) in [6.45, 7) is 0. The van der Waals surface area contributed by atoms with Crippen molar-refractivity contribution in [3.05, 3.63) is 53.3 Å². The van der Waals surface area contributed by atoms with E-state index in [0.717, 1.165) is 23.6 Å². The van der Waals surface area contributed by atoms with Gasteiger partial charge in [-0.05, 0) is 37.1 Å². The Morgan fingerprint density at radius 2 is 1.93 bits per heavy atom. The number of thiazole rings is 1. The predicted molar refractivity (Wildman–Crippen MR) is 108 cm³/mol. The lowest BCUT2D eigenvalue weighted by molar-refractivity contribution is 0.0925. The molecule has 3 aromatic rings. The van der Waals surface area contributed by atoms with Crippen LogP contribution in [-0.2, 0) is 15.6 Å². The van der Waals surface area contributed by atoms with Crippen molar-refractivity contribution < 1.29 is 13.2 Å². The Morgan fingerprint density at radius 3 is 2.64 bits per heavy atom. The number of nitrogens with one attached hydrogen (secondary N) is 2. The average Bonchev–Trinajstić information content (AvgIpc) is 3.61. The first-order valence-electron chi connectivity index (χ1n) is 9.10. The molecule has 2 aliphatic carbocycles. The molecule has 0 atom stereocenters. The largest absolute Gasteiger partial charge is 0.340 e. The van der Waals surface area contributed by atoms with E-state index in [1.165, 1.54) is 11.3 Å². The summed E-state index contributed by atoms with van der Waals surface area (Å²) >= 11 is 1.24. The van der Waals surface area contributed by atoms with Gasteiger partial charge >= 0.3 is 0 Å². The van der Waals surface area contributed by atoms with E-state index in [1.54, 1.807) is 12.3 Å². The first kappa shape index (κ1) is 17.6. The summed E-state index contributed by atoms with van der Waals surface area (Å²) in [4.78, 5) is 21.4. The summed E-state index contributed by atoms with van der Waals surface area (Å²) in [5, 5.41) is 6.84. The summed E-state index contributed by atoms with van der Waals surface area (Å²) in [6, 6.07) is 9.52. The zero-order valence-corrected chi connectivity index (χ0v) is 16.5. The number of fused-ring (bicyclic) bond motifs is 1. The fourth-order valence-electron chi connectivity index (χ4n) is 3.18. The number of amides is 1. The Kier molecular flexibility index (Phi) is 3.92. The fraction of sp³-hybridized carbons (Fsp3) is 0.316. The maximum atomic E-state index is 12.7. The Balaban J connectivity index is 1.34. The van der Waals surface area contributed by atoms with E-state index in [9.17, 15) is 13.2 Å². The second-order valence-corrected chi connectivity index (χ2v) is 10.2. The quantitative estimate of drug-likeness (QED) is 0.646. The summed E-state index contributed by atoms with van der Waals surface area (Å²) in [7, 11) is -3.34. The molecule has 144 valence electrons. The minimum Gasteiger partial charge on any atom is -0.340 e. The highest BCUT2D eigenvalue weighted by atomic mass is 32.2. The maximum Gasteiger partial charge on any atom is 0.270 e. The van der Waals surface area contributed by atoms with Crippen LogP contribution in [0.15, 0.2) is 41.9 Å². The third-order valence-electron chi connectivity index (χ3n) is 5.15. The molecule has 9 heteroatoms.